The van der Waals surface area contributed by atoms with Crippen LogP contribution in [0.25, 0.3) is 0 Å². The van der Waals surface area contributed by atoms with E-state index in [9.17, 15) is 9.59 Å². The number of carbonyl (C=O) groups is 2. The zero-order valence-electron chi connectivity index (χ0n) is 11.1. The molecule has 2 rings (SSSR count). The monoisotopic (exact) mass is 280 g/mol. The van der Waals surface area contributed by atoms with E-state index >= 15 is 0 Å². The average Bonchev–Trinajstić information content (AvgIpc) is 2.48. The Kier molecular flexibility index (Phi) is 4.46. The molecular formula is C12H16N4O4. The van der Waals surface area contributed by atoms with Crippen LogP contribution in [-0.2, 0) is 9.53 Å². The van der Waals surface area contributed by atoms with E-state index in [-0.39, 0.29) is 18.1 Å². The van der Waals surface area contributed by atoms with Crippen molar-refractivity contribution < 1.29 is 19.4 Å². The van der Waals surface area contributed by atoms with Gasteiger partial charge in [-0.05, 0) is 19.1 Å². The highest BCUT2D eigenvalue weighted by Crippen LogP contribution is 2.14. The molecule has 0 spiro atoms. The lowest BCUT2D eigenvalue weighted by Crippen LogP contribution is -2.46. The molecule has 1 aromatic heterocycles. The van der Waals surface area contributed by atoms with Crippen molar-refractivity contribution in [3.05, 3.63) is 17.8 Å². The van der Waals surface area contributed by atoms with Crippen molar-refractivity contribution in [2.24, 2.45) is 0 Å². The van der Waals surface area contributed by atoms with Crippen molar-refractivity contribution in [1.29, 1.82) is 0 Å². The maximum absolute atomic E-state index is 11.5. The first-order valence-electron chi connectivity index (χ1n) is 6.33. The van der Waals surface area contributed by atoms with E-state index < -0.39 is 12.1 Å². The summed E-state index contributed by atoms with van der Waals surface area (Å²) in [6, 6.07) is 3.22. The number of hydrogen-bond donors (Lipinski definition) is 2. The lowest BCUT2D eigenvalue weighted by molar-refractivity contribution is -0.150. The maximum Gasteiger partial charge on any atom is 0.334 e. The third-order valence-corrected chi connectivity index (χ3v) is 2.89. The molecule has 8 heteroatoms. The number of nitrogens with zero attached hydrogens (tertiary/aromatic N) is 3. The minimum atomic E-state index is -0.999. The minimum absolute atomic E-state index is 0.213. The Morgan fingerprint density at radius 2 is 2.30 bits per heavy atom. The van der Waals surface area contributed by atoms with E-state index in [0.717, 1.165) is 0 Å². The Morgan fingerprint density at radius 3 is 2.90 bits per heavy atom. The highest BCUT2D eigenvalue weighted by Gasteiger charge is 2.27. The van der Waals surface area contributed by atoms with Gasteiger partial charge in [0.05, 0.1) is 13.2 Å². The fourth-order valence-electron chi connectivity index (χ4n) is 1.87. The van der Waals surface area contributed by atoms with E-state index in [1.807, 2.05) is 6.92 Å². The zero-order valence-corrected chi connectivity index (χ0v) is 11.1. The highest BCUT2D eigenvalue weighted by atomic mass is 16.5. The topological polar surface area (TPSA) is 105 Å². The van der Waals surface area contributed by atoms with Crippen molar-refractivity contribution in [2.75, 3.05) is 31.1 Å². The number of aromatic nitrogens is 2. The van der Waals surface area contributed by atoms with Gasteiger partial charge in [0.15, 0.2) is 17.6 Å². The highest BCUT2D eigenvalue weighted by molar-refractivity contribution is 5.92. The van der Waals surface area contributed by atoms with Crippen LogP contribution in [0.4, 0.5) is 5.82 Å². The number of nitrogens with one attached hydrogen (secondary N) is 1. The number of amides is 1. The van der Waals surface area contributed by atoms with Crippen LogP contribution in [0.5, 0.6) is 0 Å². The van der Waals surface area contributed by atoms with Gasteiger partial charge in [0.1, 0.15) is 0 Å². The van der Waals surface area contributed by atoms with Gasteiger partial charge in [0.2, 0.25) is 0 Å². The number of anilines is 1. The van der Waals surface area contributed by atoms with Gasteiger partial charge in [0, 0.05) is 13.1 Å². The van der Waals surface area contributed by atoms with Crippen molar-refractivity contribution >= 4 is 17.7 Å². The molecule has 0 aromatic carbocycles. The van der Waals surface area contributed by atoms with Gasteiger partial charge in [0.25, 0.3) is 5.91 Å². The van der Waals surface area contributed by atoms with Crippen LogP contribution >= 0.6 is 0 Å². The average molecular weight is 280 g/mol. The van der Waals surface area contributed by atoms with E-state index in [0.29, 0.717) is 25.5 Å². The Morgan fingerprint density at radius 1 is 1.50 bits per heavy atom. The van der Waals surface area contributed by atoms with Gasteiger partial charge in [-0.15, -0.1) is 10.2 Å². The van der Waals surface area contributed by atoms with Crippen LogP contribution in [0, 0.1) is 0 Å². The third kappa shape index (κ3) is 3.21. The second-order valence-electron chi connectivity index (χ2n) is 4.28. The lowest BCUT2D eigenvalue weighted by atomic mass is 10.2. The van der Waals surface area contributed by atoms with Crippen LogP contribution in [0.1, 0.15) is 17.4 Å². The molecule has 0 bridgehead atoms. The third-order valence-electron chi connectivity index (χ3n) is 2.89. The van der Waals surface area contributed by atoms with E-state index in [1.54, 1.807) is 17.0 Å². The van der Waals surface area contributed by atoms with Crippen molar-refractivity contribution in [2.45, 2.75) is 13.0 Å². The second-order valence-corrected chi connectivity index (χ2v) is 4.28. The molecule has 20 heavy (non-hydrogen) atoms. The van der Waals surface area contributed by atoms with Gasteiger partial charge < -0.3 is 20.1 Å². The smallest absolute Gasteiger partial charge is 0.334 e. The SMILES string of the molecule is CCNC(=O)c1ccc(N2CCOC(C(=O)O)C2)nn1. The molecule has 1 aliphatic rings. The number of hydrogen-bond acceptors (Lipinski definition) is 6. The lowest BCUT2D eigenvalue weighted by Gasteiger charge is -2.31. The largest absolute Gasteiger partial charge is 0.479 e. The minimum Gasteiger partial charge on any atom is -0.479 e. The van der Waals surface area contributed by atoms with E-state index in [1.165, 1.54) is 0 Å². The molecule has 1 atom stereocenters. The number of aliphatic carboxylic acids is 1. The van der Waals surface area contributed by atoms with Crippen molar-refractivity contribution in [3.8, 4) is 0 Å². The molecule has 0 saturated carbocycles. The van der Waals surface area contributed by atoms with Crippen LogP contribution in [0.3, 0.4) is 0 Å². The molecular weight excluding hydrogens is 264 g/mol. The van der Waals surface area contributed by atoms with Crippen LogP contribution in [0.2, 0.25) is 0 Å². The first-order valence-corrected chi connectivity index (χ1v) is 6.33. The number of carbonyl (C=O) groups excluding carboxylic acids is 1. The predicted octanol–water partition coefficient (Wildman–Crippen LogP) is -0.484. The zero-order chi connectivity index (χ0) is 14.5. The Hall–Kier alpha value is -2.22. The molecule has 0 aliphatic carbocycles. The molecule has 8 nitrogen and oxygen atoms in total. The first-order chi connectivity index (χ1) is 9.61. The first kappa shape index (κ1) is 14.2. The summed E-state index contributed by atoms with van der Waals surface area (Å²) >= 11 is 0. The number of rotatable bonds is 4. The number of ether oxygens (including phenoxy) is 1. The molecule has 1 fully saturated rings. The summed E-state index contributed by atoms with van der Waals surface area (Å²) in [5.74, 6) is -0.744. The molecule has 1 unspecified atom stereocenters. The van der Waals surface area contributed by atoms with Crippen molar-refractivity contribution in [3.63, 3.8) is 0 Å². The van der Waals surface area contributed by atoms with E-state index in [4.69, 9.17) is 9.84 Å². The molecule has 2 N–H and O–H groups in total. The summed E-state index contributed by atoms with van der Waals surface area (Å²) < 4.78 is 5.13. The second kappa shape index (κ2) is 6.29. The summed E-state index contributed by atoms with van der Waals surface area (Å²) in [4.78, 5) is 24.2. The summed E-state index contributed by atoms with van der Waals surface area (Å²) in [5, 5.41) is 19.4. The molecule has 1 saturated heterocycles. The summed E-state index contributed by atoms with van der Waals surface area (Å²) in [7, 11) is 0. The quantitative estimate of drug-likeness (QED) is 0.767. The summed E-state index contributed by atoms with van der Waals surface area (Å²) in [5.41, 5.74) is 0.235. The van der Waals surface area contributed by atoms with Crippen LogP contribution in [0.15, 0.2) is 12.1 Å². The summed E-state index contributed by atoms with van der Waals surface area (Å²) in [6.45, 7) is 3.41. The Bertz CT molecular complexity index is 491. The predicted molar refractivity (Wildman–Crippen MR) is 69.6 cm³/mol. The molecule has 2 heterocycles. The molecule has 1 amide bonds. The number of carboxylic acid groups (broad SMARTS) is 1. The Labute approximate surface area is 115 Å². The van der Waals surface area contributed by atoms with Gasteiger partial charge in [-0.3, -0.25) is 4.79 Å². The maximum atomic E-state index is 11.5. The molecule has 1 aliphatic heterocycles. The van der Waals surface area contributed by atoms with Crippen LogP contribution < -0.4 is 10.2 Å². The fourth-order valence-corrected chi connectivity index (χ4v) is 1.87. The van der Waals surface area contributed by atoms with Crippen LogP contribution in [-0.4, -0.2) is 59.5 Å². The van der Waals surface area contributed by atoms with Gasteiger partial charge in [-0.2, -0.15) is 0 Å². The van der Waals surface area contributed by atoms with Gasteiger partial charge in [-0.1, -0.05) is 0 Å². The van der Waals surface area contributed by atoms with Gasteiger partial charge >= 0.3 is 5.97 Å². The van der Waals surface area contributed by atoms with E-state index in [2.05, 4.69) is 15.5 Å². The number of morpholine rings is 1. The molecule has 108 valence electrons. The normalized spacial score (nSPS) is 18.6. The van der Waals surface area contributed by atoms with Gasteiger partial charge in [-0.25, -0.2) is 4.79 Å². The summed E-state index contributed by atoms with van der Waals surface area (Å²) in [6.07, 6.45) is -0.867. The fraction of sp³-hybridized carbons (Fsp3) is 0.500. The standard InChI is InChI=1S/C12H16N4O4/c1-2-13-11(17)8-3-4-10(15-14-8)16-5-6-20-9(7-16)12(18)19/h3-4,9H,2,5-7H2,1H3,(H,13,17)(H,18,19). The Balaban J connectivity index is 2.06. The molecule has 1 aromatic rings. The van der Waals surface area contributed by atoms with Crippen molar-refractivity contribution in [1.82, 2.24) is 15.5 Å². The number of carboxylic acids is 1. The molecule has 0 radical (unpaired) electrons.